The first-order valence-corrected chi connectivity index (χ1v) is 20.5. The quantitative estimate of drug-likeness (QED) is 0.178. The number of hydrogen-bond acceptors (Lipinski definition) is 5. The van der Waals surface area contributed by atoms with Gasteiger partial charge in [0, 0.05) is 38.2 Å². The maximum atomic E-state index is 6.32. The fourth-order valence-corrected chi connectivity index (χ4v) is 9.68. The Balaban J connectivity index is 1.06. The van der Waals surface area contributed by atoms with Gasteiger partial charge in [-0.25, -0.2) is 15.0 Å². The molecule has 1 aliphatic carbocycles. The molecule has 1 aliphatic rings. The Morgan fingerprint density at radius 1 is 0.383 bits per heavy atom. The Morgan fingerprint density at radius 3 is 1.82 bits per heavy atom. The molecule has 0 N–H and O–H groups in total. The number of allylic oxidation sites excluding steroid dienone is 1. The Bertz CT molecular complexity index is 3800. The zero-order valence-corrected chi connectivity index (χ0v) is 32.3. The maximum Gasteiger partial charge on any atom is 0.164 e. The summed E-state index contributed by atoms with van der Waals surface area (Å²) in [6, 6.07) is 57.5. The standard InChI is InChI=1S/C55H33N3O2/c1-2-13-35-32(12-1)31-46(40-17-6-3-14-37(35)40)55-57-53(34-24-26-36-33(30-34)25-29-50-51(36)44-18-7-9-21-47(44)60-50)56-54(58-55)43-28-27-41(38-15-4-5-16-39(38)43)42-20-11-23-49-52(42)45-19-8-10-22-48(45)59-49/h1-2,4-13,15-31H,3,14H2. The molecule has 0 aliphatic heterocycles. The predicted molar refractivity (Wildman–Crippen MR) is 246 cm³/mol. The molecule has 5 heteroatoms. The minimum Gasteiger partial charge on any atom is -0.456 e. The molecule has 0 radical (unpaired) electrons. The number of nitrogens with zero attached hydrogens (tertiary/aromatic N) is 3. The van der Waals surface area contributed by atoms with E-state index in [4.69, 9.17) is 23.8 Å². The van der Waals surface area contributed by atoms with E-state index in [-0.39, 0.29) is 0 Å². The van der Waals surface area contributed by atoms with Gasteiger partial charge in [-0.1, -0.05) is 133 Å². The molecule has 5 nitrogen and oxygen atoms in total. The second kappa shape index (κ2) is 12.8. The Labute approximate surface area is 343 Å². The Hall–Kier alpha value is -7.89. The van der Waals surface area contributed by atoms with Gasteiger partial charge in [-0.3, -0.25) is 0 Å². The molecule has 280 valence electrons. The number of rotatable bonds is 4. The highest BCUT2D eigenvalue weighted by Crippen LogP contribution is 2.43. The van der Waals surface area contributed by atoms with E-state index in [1.807, 2.05) is 24.3 Å². The molecule has 0 saturated heterocycles. The summed E-state index contributed by atoms with van der Waals surface area (Å²) in [5.74, 6) is 1.91. The molecule has 3 heterocycles. The number of fused-ring (bicyclic) bond motifs is 12. The molecule has 0 fully saturated rings. The van der Waals surface area contributed by atoms with Crippen molar-refractivity contribution in [1.82, 2.24) is 15.0 Å². The van der Waals surface area contributed by atoms with Gasteiger partial charge >= 0.3 is 0 Å². The van der Waals surface area contributed by atoms with Gasteiger partial charge in [0.15, 0.2) is 17.5 Å². The van der Waals surface area contributed by atoms with Crippen molar-refractivity contribution in [2.24, 2.45) is 0 Å². The lowest BCUT2D eigenvalue weighted by Crippen LogP contribution is -2.04. The first-order valence-electron chi connectivity index (χ1n) is 20.5. The SMILES string of the molecule is C1=Cc2c(-c3nc(-c4ccc5c(ccc6oc7ccccc7c65)c4)nc(-c4ccc(-c5cccc6oc7ccccc7c56)c5ccccc45)n3)cc3ccccc3c2CC1. The molecule has 0 atom stereocenters. The smallest absolute Gasteiger partial charge is 0.164 e. The molecule has 0 saturated carbocycles. The van der Waals surface area contributed by atoms with E-state index in [1.54, 1.807) is 0 Å². The van der Waals surface area contributed by atoms with Crippen molar-refractivity contribution in [2.45, 2.75) is 12.8 Å². The number of para-hydroxylation sites is 2. The van der Waals surface area contributed by atoms with Crippen molar-refractivity contribution < 1.29 is 8.83 Å². The molecule has 0 amide bonds. The van der Waals surface area contributed by atoms with E-state index in [9.17, 15) is 0 Å². The highest BCUT2D eigenvalue weighted by atomic mass is 16.3. The monoisotopic (exact) mass is 767 g/mol. The second-order valence-corrected chi connectivity index (χ2v) is 15.7. The van der Waals surface area contributed by atoms with E-state index in [0.717, 1.165) is 106 Å². The normalized spacial score (nSPS) is 12.8. The van der Waals surface area contributed by atoms with Gasteiger partial charge in [-0.2, -0.15) is 0 Å². The summed E-state index contributed by atoms with van der Waals surface area (Å²) in [6.45, 7) is 0. The van der Waals surface area contributed by atoms with E-state index < -0.39 is 0 Å². The molecule has 0 spiro atoms. The summed E-state index contributed by atoms with van der Waals surface area (Å²) in [5.41, 5.74) is 11.2. The van der Waals surface area contributed by atoms with Gasteiger partial charge in [0.2, 0.25) is 0 Å². The molecule has 0 unspecified atom stereocenters. The van der Waals surface area contributed by atoms with E-state index in [1.165, 1.54) is 21.9 Å². The Morgan fingerprint density at radius 2 is 1.00 bits per heavy atom. The summed E-state index contributed by atoms with van der Waals surface area (Å²) >= 11 is 0. The fraction of sp³-hybridized carbons (Fsp3) is 0.0364. The largest absolute Gasteiger partial charge is 0.456 e. The summed E-state index contributed by atoms with van der Waals surface area (Å²) < 4.78 is 12.6. The van der Waals surface area contributed by atoms with Gasteiger partial charge in [0.05, 0.1) is 0 Å². The minimum absolute atomic E-state index is 0.624. The van der Waals surface area contributed by atoms with Crippen LogP contribution in [-0.2, 0) is 6.42 Å². The minimum atomic E-state index is 0.624. The third-order valence-electron chi connectivity index (χ3n) is 12.4. The molecule has 3 aromatic heterocycles. The lowest BCUT2D eigenvalue weighted by molar-refractivity contribution is 0.668. The molecule has 13 rings (SSSR count). The average molecular weight is 768 g/mol. The van der Waals surface area contributed by atoms with Crippen LogP contribution in [0.4, 0.5) is 0 Å². The lowest BCUT2D eigenvalue weighted by Gasteiger charge is -2.19. The summed E-state index contributed by atoms with van der Waals surface area (Å²) in [4.78, 5) is 16.1. The number of aromatic nitrogens is 3. The van der Waals surface area contributed by atoms with Crippen LogP contribution in [0, 0.1) is 0 Å². The number of aryl methyl sites for hydroxylation is 1. The molecule has 60 heavy (non-hydrogen) atoms. The van der Waals surface area contributed by atoms with Crippen LogP contribution >= 0.6 is 0 Å². The van der Waals surface area contributed by atoms with Crippen LogP contribution in [0.5, 0.6) is 0 Å². The lowest BCUT2D eigenvalue weighted by atomic mass is 9.88. The average Bonchev–Trinajstić information content (AvgIpc) is 3.90. The van der Waals surface area contributed by atoms with E-state index in [0.29, 0.717) is 17.5 Å². The van der Waals surface area contributed by atoms with Crippen LogP contribution in [0.15, 0.2) is 179 Å². The predicted octanol–water partition coefficient (Wildman–Crippen LogP) is 14.8. The molecule has 12 aromatic rings. The molecular formula is C55H33N3O2. The molecule has 9 aromatic carbocycles. The van der Waals surface area contributed by atoms with Crippen LogP contribution < -0.4 is 0 Å². The van der Waals surface area contributed by atoms with Crippen molar-refractivity contribution in [3.63, 3.8) is 0 Å². The zero-order chi connectivity index (χ0) is 39.3. The van der Waals surface area contributed by atoms with Gasteiger partial charge in [0.25, 0.3) is 0 Å². The first kappa shape index (κ1) is 33.1. The summed E-state index contributed by atoms with van der Waals surface area (Å²) in [7, 11) is 0. The van der Waals surface area contributed by atoms with Gasteiger partial charge in [-0.15, -0.1) is 0 Å². The van der Waals surface area contributed by atoms with E-state index >= 15 is 0 Å². The number of hydrogen-bond donors (Lipinski definition) is 0. The van der Waals surface area contributed by atoms with Crippen molar-refractivity contribution >= 4 is 82.3 Å². The van der Waals surface area contributed by atoms with Crippen molar-refractivity contribution in [2.75, 3.05) is 0 Å². The molecular weight excluding hydrogens is 735 g/mol. The highest BCUT2D eigenvalue weighted by Gasteiger charge is 2.22. The van der Waals surface area contributed by atoms with Crippen LogP contribution in [0.25, 0.3) is 128 Å². The van der Waals surface area contributed by atoms with Crippen molar-refractivity contribution in [3.8, 4) is 45.3 Å². The van der Waals surface area contributed by atoms with Crippen LogP contribution in [0.3, 0.4) is 0 Å². The third kappa shape index (κ3) is 4.96. The second-order valence-electron chi connectivity index (χ2n) is 15.7. The van der Waals surface area contributed by atoms with Crippen molar-refractivity contribution in [3.05, 3.63) is 181 Å². The number of furan rings is 2. The van der Waals surface area contributed by atoms with Gasteiger partial charge in [-0.05, 0) is 110 Å². The van der Waals surface area contributed by atoms with E-state index in [2.05, 4.69) is 152 Å². The highest BCUT2D eigenvalue weighted by molar-refractivity contribution is 6.19. The first-order chi connectivity index (χ1) is 29.7. The third-order valence-corrected chi connectivity index (χ3v) is 12.4. The van der Waals surface area contributed by atoms with Crippen LogP contribution in [0.1, 0.15) is 17.5 Å². The summed E-state index contributed by atoms with van der Waals surface area (Å²) in [5, 5.41) is 11.3. The maximum absolute atomic E-state index is 6.32. The van der Waals surface area contributed by atoms with Crippen LogP contribution in [0.2, 0.25) is 0 Å². The van der Waals surface area contributed by atoms with Crippen LogP contribution in [-0.4, -0.2) is 15.0 Å². The number of benzene rings is 9. The zero-order valence-electron chi connectivity index (χ0n) is 32.3. The summed E-state index contributed by atoms with van der Waals surface area (Å²) in [6.07, 6.45) is 6.50. The Kier molecular flexibility index (Phi) is 7.07. The molecule has 0 bridgehead atoms. The fourth-order valence-electron chi connectivity index (χ4n) is 9.68. The van der Waals surface area contributed by atoms with Crippen molar-refractivity contribution in [1.29, 1.82) is 0 Å². The van der Waals surface area contributed by atoms with Gasteiger partial charge < -0.3 is 8.83 Å². The van der Waals surface area contributed by atoms with Gasteiger partial charge in [0.1, 0.15) is 22.3 Å². The topological polar surface area (TPSA) is 65.0 Å².